The zero-order chi connectivity index (χ0) is 19.5. The number of hydrogen-bond donors (Lipinski definition) is 4. The van der Waals surface area contributed by atoms with Crippen LogP contribution in [-0.2, 0) is 17.4 Å². The van der Waals surface area contributed by atoms with Gasteiger partial charge in [-0.05, 0) is 18.2 Å². The van der Waals surface area contributed by atoms with Gasteiger partial charge in [0.25, 0.3) is 5.91 Å². The number of halogens is 3. The van der Waals surface area contributed by atoms with Crippen LogP contribution in [0, 0.1) is 0 Å². The number of hydrogen-bond acceptors (Lipinski definition) is 5. The maximum atomic E-state index is 13.3. The fourth-order valence-corrected chi connectivity index (χ4v) is 2.19. The van der Waals surface area contributed by atoms with Crippen molar-refractivity contribution >= 4 is 11.8 Å². The van der Waals surface area contributed by atoms with Gasteiger partial charge in [0.05, 0.1) is 6.42 Å². The maximum absolute atomic E-state index is 13.3. The second kappa shape index (κ2) is 7.04. The number of aryl methyl sites for hydroxylation is 1. The Bertz CT molecular complexity index is 821. The number of nitrogens with zero attached hydrogens (tertiary/aromatic N) is 2. The van der Waals surface area contributed by atoms with Crippen LogP contribution in [0.3, 0.4) is 0 Å². The molecule has 0 aliphatic heterocycles. The first-order valence-corrected chi connectivity index (χ1v) is 7.20. The average molecular weight is 372 g/mol. The highest BCUT2D eigenvalue weighted by atomic mass is 19.4. The number of carbonyl (C=O) groups excluding carboxylic acids is 2. The lowest BCUT2D eigenvalue weighted by Crippen LogP contribution is -2.50. The average Bonchev–Trinajstić information content (AvgIpc) is 2.98. The monoisotopic (exact) mass is 372 g/mol. The number of alkyl halides is 3. The maximum Gasteiger partial charge on any atom is 0.425 e. The van der Waals surface area contributed by atoms with Gasteiger partial charge in [-0.25, -0.2) is 4.98 Å². The molecule has 1 aromatic heterocycles. The Kier molecular flexibility index (Phi) is 5.21. The number of aromatic hydroxyl groups is 1. The third-order valence-corrected chi connectivity index (χ3v) is 3.50. The van der Waals surface area contributed by atoms with Crippen LogP contribution in [0.5, 0.6) is 5.75 Å². The topological polar surface area (TPSA) is 116 Å². The number of hydrazine groups is 1. The molecule has 0 radical (unpaired) electrons. The van der Waals surface area contributed by atoms with E-state index in [-0.39, 0.29) is 11.3 Å². The van der Waals surface area contributed by atoms with Gasteiger partial charge in [0, 0.05) is 25.0 Å². The highest BCUT2D eigenvalue weighted by Gasteiger charge is 2.58. The first kappa shape index (κ1) is 19.2. The third kappa shape index (κ3) is 3.94. The number of benzene rings is 1. The fourth-order valence-electron chi connectivity index (χ4n) is 2.19. The number of nitrogens with one attached hydrogen (secondary N) is 2. The van der Waals surface area contributed by atoms with E-state index >= 15 is 0 Å². The summed E-state index contributed by atoms with van der Waals surface area (Å²) in [6.07, 6.45) is -4.36. The van der Waals surface area contributed by atoms with Crippen molar-refractivity contribution in [2.75, 3.05) is 0 Å². The van der Waals surface area contributed by atoms with Crippen molar-refractivity contribution in [1.29, 1.82) is 0 Å². The second-order valence-corrected chi connectivity index (χ2v) is 5.45. The van der Waals surface area contributed by atoms with E-state index in [2.05, 4.69) is 4.98 Å². The quantitative estimate of drug-likeness (QED) is 0.591. The van der Waals surface area contributed by atoms with E-state index in [0.29, 0.717) is 0 Å². The highest BCUT2D eigenvalue weighted by molar-refractivity contribution is 5.95. The predicted molar refractivity (Wildman–Crippen MR) is 81.5 cm³/mol. The van der Waals surface area contributed by atoms with E-state index in [1.807, 2.05) is 5.43 Å². The summed E-state index contributed by atoms with van der Waals surface area (Å²) in [6, 6.07) is 5.10. The van der Waals surface area contributed by atoms with Crippen molar-refractivity contribution < 1.29 is 33.0 Å². The van der Waals surface area contributed by atoms with Crippen LogP contribution in [0.15, 0.2) is 36.7 Å². The molecule has 2 aromatic rings. The summed E-state index contributed by atoms with van der Waals surface area (Å²) in [6.45, 7) is 0. The van der Waals surface area contributed by atoms with Crippen LogP contribution < -0.4 is 10.9 Å². The molecule has 2 rings (SSSR count). The summed E-state index contributed by atoms with van der Waals surface area (Å²) < 4.78 is 40.9. The molecule has 1 heterocycles. The molecule has 0 aliphatic carbocycles. The van der Waals surface area contributed by atoms with E-state index in [0.717, 1.165) is 16.8 Å². The molecule has 4 N–H and O–H groups in total. The first-order valence-electron chi connectivity index (χ1n) is 7.20. The summed E-state index contributed by atoms with van der Waals surface area (Å²) in [5.41, 5.74) is 0.133. The lowest BCUT2D eigenvalue weighted by Gasteiger charge is -2.29. The van der Waals surface area contributed by atoms with Crippen LogP contribution in [0.4, 0.5) is 13.2 Å². The normalized spacial score (nSPS) is 13.7. The molecule has 0 aliphatic rings. The molecule has 0 saturated heterocycles. The Morgan fingerprint density at radius 3 is 2.50 bits per heavy atom. The van der Waals surface area contributed by atoms with Crippen molar-refractivity contribution in [3.05, 3.63) is 48.0 Å². The fraction of sp³-hybridized carbons (Fsp3) is 0.267. The van der Waals surface area contributed by atoms with Crippen molar-refractivity contribution in [3.8, 4) is 5.75 Å². The Morgan fingerprint density at radius 1 is 1.27 bits per heavy atom. The first-order chi connectivity index (χ1) is 12.0. The minimum Gasteiger partial charge on any atom is -0.508 e. The van der Waals surface area contributed by atoms with Gasteiger partial charge in [0.1, 0.15) is 5.75 Å². The zero-order valence-corrected chi connectivity index (χ0v) is 13.4. The minimum atomic E-state index is -5.18. The van der Waals surface area contributed by atoms with Crippen molar-refractivity contribution in [2.45, 2.75) is 18.2 Å². The molecule has 1 atom stereocenters. The standard InChI is InChI=1S/C15H15F3N4O4/c1-22-6-5-19-13(22)14(26,15(16,17)18)8-11(24)20-21-12(25)9-3-2-4-10(23)7-9/h2-7,23,26H,8H2,1H3,(H,20,24)(H,21,25)/t14-/m0/s1. The van der Waals surface area contributed by atoms with Gasteiger partial charge in [-0.1, -0.05) is 6.07 Å². The summed E-state index contributed by atoms with van der Waals surface area (Å²) in [4.78, 5) is 27.1. The Hall–Kier alpha value is -3.08. The van der Waals surface area contributed by atoms with Crippen molar-refractivity contribution in [3.63, 3.8) is 0 Å². The Balaban J connectivity index is 2.09. The number of phenolic OH excluding ortho intramolecular Hbond substituents is 1. The van der Waals surface area contributed by atoms with Gasteiger partial charge in [-0.3, -0.25) is 20.4 Å². The smallest absolute Gasteiger partial charge is 0.425 e. The van der Waals surface area contributed by atoms with Crippen LogP contribution in [-0.4, -0.2) is 37.8 Å². The molecule has 0 fully saturated rings. The number of rotatable bonds is 4. The van der Waals surface area contributed by atoms with Gasteiger partial charge in [-0.2, -0.15) is 13.2 Å². The van der Waals surface area contributed by atoms with Gasteiger partial charge in [0.2, 0.25) is 11.5 Å². The molecule has 2 amide bonds. The molecule has 8 nitrogen and oxygen atoms in total. The van der Waals surface area contributed by atoms with E-state index in [9.17, 15) is 33.0 Å². The van der Waals surface area contributed by atoms with Gasteiger partial charge < -0.3 is 14.8 Å². The number of aliphatic hydroxyl groups is 1. The molecule has 0 spiro atoms. The molecule has 1 aromatic carbocycles. The lowest BCUT2D eigenvalue weighted by atomic mass is 9.97. The van der Waals surface area contributed by atoms with Crippen molar-refractivity contribution in [1.82, 2.24) is 20.4 Å². The molecule has 0 bridgehead atoms. The van der Waals surface area contributed by atoms with Crippen molar-refractivity contribution in [2.24, 2.45) is 7.05 Å². The van der Waals surface area contributed by atoms with E-state index < -0.39 is 35.8 Å². The Labute approximate surface area is 145 Å². The van der Waals surface area contributed by atoms with Gasteiger partial charge in [-0.15, -0.1) is 0 Å². The second-order valence-electron chi connectivity index (χ2n) is 5.45. The molecule has 140 valence electrons. The van der Waals surface area contributed by atoms with Gasteiger partial charge in [0.15, 0.2) is 5.82 Å². The van der Waals surface area contributed by atoms with E-state index in [4.69, 9.17) is 0 Å². The lowest BCUT2D eigenvalue weighted by molar-refractivity contribution is -0.271. The summed E-state index contributed by atoms with van der Waals surface area (Å²) in [5.74, 6) is -3.12. The number of aromatic nitrogens is 2. The summed E-state index contributed by atoms with van der Waals surface area (Å²) in [7, 11) is 1.24. The Morgan fingerprint density at radius 2 is 1.96 bits per heavy atom. The van der Waals surface area contributed by atoms with E-state index in [1.165, 1.54) is 31.4 Å². The molecular weight excluding hydrogens is 357 g/mol. The number of imidazole rings is 1. The third-order valence-electron chi connectivity index (χ3n) is 3.50. The van der Waals surface area contributed by atoms with Crippen LogP contribution in [0.25, 0.3) is 0 Å². The number of phenols is 1. The van der Waals surface area contributed by atoms with Crippen LogP contribution in [0.2, 0.25) is 0 Å². The molecule has 0 unspecified atom stereocenters. The highest BCUT2D eigenvalue weighted by Crippen LogP contribution is 2.40. The largest absolute Gasteiger partial charge is 0.508 e. The molecule has 26 heavy (non-hydrogen) atoms. The molecular formula is C15H15F3N4O4. The summed E-state index contributed by atoms with van der Waals surface area (Å²) in [5, 5.41) is 19.3. The summed E-state index contributed by atoms with van der Waals surface area (Å²) >= 11 is 0. The van der Waals surface area contributed by atoms with Crippen LogP contribution >= 0.6 is 0 Å². The zero-order valence-electron chi connectivity index (χ0n) is 13.4. The molecule has 11 heteroatoms. The predicted octanol–water partition coefficient (Wildman–Crippen LogP) is 0.727. The molecule has 0 saturated carbocycles. The van der Waals surface area contributed by atoms with Crippen LogP contribution in [0.1, 0.15) is 22.6 Å². The SMILES string of the molecule is Cn1ccnc1[C@@](O)(CC(=O)NNC(=O)c1cccc(O)c1)C(F)(F)F. The number of carbonyl (C=O) groups is 2. The minimum absolute atomic E-state index is 0.0273. The number of amides is 2. The van der Waals surface area contributed by atoms with Gasteiger partial charge >= 0.3 is 6.18 Å². The van der Waals surface area contributed by atoms with E-state index in [1.54, 1.807) is 5.43 Å².